The van der Waals surface area contributed by atoms with Crippen LogP contribution in [0.5, 0.6) is 0 Å². The molecule has 2 fully saturated rings. The average Bonchev–Trinajstić information content (AvgIpc) is 2.71. The maximum atomic E-state index is 3.81. The van der Waals surface area contributed by atoms with Gasteiger partial charge in [0.25, 0.3) is 0 Å². The summed E-state index contributed by atoms with van der Waals surface area (Å²) in [6.07, 6.45) is 7.76. The Labute approximate surface area is 81.2 Å². The lowest BCUT2D eigenvalue weighted by atomic mass is 10.2. The van der Waals surface area contributed by atoms with Crippen LogP contribution < -0.4 is 0 Å². The first-order valence-electron chi connectivity index (χ1n) is 5.51. The summed E-state index contributed by atoms with van der Waals surface area (Å²) in [6.45, 7) is 8.67. The number of piperazine rings is 1. The van der Waals surface area contributed by atoms with E-state index in [9.17, 15) is 0 Å². The molecular formula is C11H20N2. The Hall–Kier alpha value is -0.500. The molecule has 0 bridgehead atoms. The molecule has 2 heteroatoms. The molecule has 0 unspecified atom stereocenters. The summed E-state index contributed by atoms with van der Waals surface area (Å²) in [5, 5.41) is 0. The average molecular weight is 180 g/mol. The van der Waals surface area contributed by atoms with Crippen molar-refractivity contribution in [2.75, 3.05) is 26.2 Å². The highest BCUT2D eigenvalue weighted by Crippen LogP contribution is 2.24. The van der Waals surface area contributed by atoms with Crippen molar-refractivity contribution < 1.29 is 0 Å². The van der Waals surface area contributed by atoms with E-state index in [1.165, 1.54) is 51.9 Å². The molecule has 1 heterocycles. The molecule has 0 aromatic heterocycles. The van der Waals surface area contributed by atoms with E-state index < -0.39 is 0 Å². The van der Waals surface area contributed by atoms with Gasteiger partial charge in [-0.25, -0.2) is 0 Å². The molecule has 0 N–H and O–H groups in total. The predicted molar refractivity (Wildman–Crippen MR) is 55.6 cm³/mol. The summed E-state index contributed by atoms with van der Waals surface area (Å²) >= 11 is 0. The zero-order valence-electron chi connectivity index (χ0n) is 8.41. The summed E-state index contributed by atoms with van der Waals surface area (Å²) in [6, 6.07) is 0.909. The minimum Gasteiger partial charge on any atom is -0.375 e. The van der Waals surface area contributed by atoms with Crippen LogP contribution in [0, 0.1) is 0 Å². The van der Waals surface area contributed by atoms with Gasteiger partial charge in [-0.3, -0.25) is 4.90 Å². The van der Waals surface area contributed by atoms with Crippen LogP contribution in [0.3, 0.4) is 0 Å². The van der Waals surface area contributed by atoms with Gasteiger partial charge in [-0.2, -0.15) is 0 Å². The molecule has 74 valence electrons. The molecule has 2 aliphatic rings. The van der Waals surface area contributed by atoms with E-state index in [-0.39, 0.29) is 0 Å². The van der Waals surface area contributed by atoms with E-state index >= 15 is 0 Å². The maximum Gasteiger partial charge on any atom is 0.0300 e. The van der Waals surface area contributed by atoms with E-state index in [0.717, 1.165) is 6.04 Å². The molecule has 2 nitrogen and oxygen atoms in total. The summed E-state index contributed by atoms with van der Waals surface area (Å²) < 4.78 is 0. The van der Waals surface area contributed by atoms with Crippen LogP contribution in [0.2, 0.25) is 0 Å². The Balaban J connectivity index is 1.79. The Kier molecular flexibility index (Phi) is 2.89. The normalized spacial score (nSPS) is 26.6. The summed E-state index contributed by atoms with van der Waals surface area (Å²) in [5.41, 5.74) is 0. The van der Waals surface area contributed by atoms with Gasteiger partial charge < -0.3 is 4.90 Å². The molecule has 1 saturated carbocycles. The van der Waals surface area contributed by atoms with Gasteiger partial charge in [-0.15, -0.1) is 0 Å². The second kappa shape index (κ2) is 4.14. The molecule has 1 aliphatic carbocycles. The van der Waals surface area contributed by atoms with E-state index in [2.05, 4.69) is 16.4 Å². The van der Waals surface area contributed by atoms with Crippen molar-refractivity contribution in [3.8, 4) is 0 Å². The third-order valence-corrected chi connectivity index (χ3v) is 3.45. The van der Waals surface area contributed by atoms with Crippen LogP contribution in [-0.2, 0) is 0 Å². The van der Waals surface area contributed by atoms with E-state index in [1.807, 2.05) is 6.20 Å². The SMILES string of the molecule is C=CN1CCN(C2CCCC2)CC1. The van der Waals surface area contributed by atoms with Crippen molar-refractivity contribution in [2.45, 2.75) is 31.7 Å². The molecule has 0 aromatic rings. The Bertz CT molecular complexity index is 165. The van der Waals surface area contributed by atoms with Gasteiger partial charge in [0.2, 0.25) is 0 Å². The highest BCUT2D eigenvalue weighted by atomic mass is 15.3. The molecule has 0 aromatic carbocycles. The lowest BCUT2D eigenvalue weighted by Crippen LogP contribution is -2.47. The van der Waals surface area contributed by atoms with Crippen molar-refractivity contribution in [2.24, 2.45) is 0 Å². The van der Waals surface area contributed by atoms with Gasteiger partial charge in [-0.05, 0) is 19.0 Å². The van der Waals surface area contributed by atoms with E-state index in [1.54, 1.807) is 0 Å². The Morgan fingerprint density at radius 2 is 1.62 bits per heavy atom. The second-order valence-electron chi connectivity index (χ2n) is 4.19. The largest absolute Gasteiger partial charge is 0.375 e. The van der Waals surface area contributed by atoms with Gasteiger partial charge >= 0.3 is 0 Å². The van der Waals surface area contributed by atoms with Gasteiger partial charge in [-0.1, -0.05) is 19.4 Å². The lowest BCUT2D eigenvalue weighted by molar-refractivity contribution is 0.124. The third kappa shape index (κ3) is 2.05. The zero-order chi connectivity index (χ0) is 9.10. The van der Waals surface area contributed by atoms with Crippen LogP contribution >= 0.6 is 0 Å². The first-order valence-corrected chi connectivity index (χ1v) is 5.51. The van der Waals surface area contributed by atoms with Crippen molar-refractivity contribution in [1.82, 2.24) is 9.80 Å². The van der Waals surface area contributed by atoms with Crippen LogP contribution in [0.15, 0.2) is 12.8 Å². The first kappa shape index (κ1) is 9.07. The minimum absolute atomic E-state index is 0.909. The molecule has 0 amide bonds. The van der Waals surface area contributed by atoms with Gasteiger partial charge in [0.1, 0.15) is 0 Å². The summed E-state index contributed by atoms with van der Waals surface area (Å²) in [5.74, 6) is 0. The molecule has 0 radical (unpaired) electrons. The minimum atomic E-state index is 0.909. The number of nitrogens with zero attached hydrogens (tertiary/aromatic N) is 2. The quantitative estimate of drug-likeness (QED) is 0.638. The van der Waals surface area contributed by atoms with Gasteiger partial charge in [0.15, 0.2) is 0 Å². The highest BCUT2D eigenvalue weighted by Gasteiger charge is 2.24. The fourth-order valence-electron chi connectivity index (χ4n) is 2.55. The van der Waals surface area contributed by atoms with Crippen molar-refractivity contribution >= 4 is 0 Å². The molecule has 0 spiro atoms. The molecule has 0 atom stereocenters. The summed E-state index contributed by atoms with van der Waals surface area (Å²) in [4.78, 5) is 5.00. The monoisotopic (exact) mass is 180 g/mol. The summed E-state index contributed by atoms with van der Waals surface area (Å²) in [7, 11) is 0. The fraction of sp³-hybridized carbons (Fsp3) is 0.818. The van der Waals surface area contributed by atoms with Gasteiger partial charge in [0, 0.05) is 32.2 Å². The maximum absolute atomic E-state index is 3.81. The van der Waals surface area contributed by atoms with Crippen molar-refractivity contribution in [1.29, 1.82) is 0 Å². The first-order chi connectivity index (χ1) is 6.40. The Morgan fingerprint density at radius 1 is 1.00 bits per heavy atom. The third-order valence-electron chi connectivity index (χ3n) is 3.45. The lowest BCUT2D eigenvalue weighted by Gasteiger charge is -2.37. The number of hydrogen-bond acceptors (Lipinski definition) is 2. The van der Waals surface area contributed by atoms with Crippen LogP contribution in [0.25, 0.3) is 0 Å². The second-order valence-corrected chi connectivity index (χ2v) is 4.19. The molecular weight excluding hydrogens is 160 g/mol. The van der Waals surface area contributed by atoms with Gasteiger partial charge in [0.05, 0.1) is 0 Å². The molecule has 2 rings (SSSR count). The molecule has 1 aliphatic heterocycles. The fourth-order valence-corrected chi connectivity index (χ4v) is 2.55. The topological polar surface area (TPSA) is 6.48 Å². The molecule has 13 heavy (non-hydrogen) atoms. The number of rotatable bonds is 2. The van der Waals surface area contributed by atoms with Crippen LogP contribution in [-0.4, -0.2) is 42.0 Å². The van der Waals surface area contributed by atoms with E-state index in [0.29, 0.717) is 0 Å². The van der Waals surface area contributed by atoms with Crippen molar-refractivity contribution in [3.05, 3.63) is 12.8 Å². The predicted octanol–water partition coefficient (Wildman–Crippen LogP) is 1.69. The van der Waals surface area contributed by atoms with Crippen LogP contribution in [0.4, 0.5) is 0 Å². The zero-order valence-corrected chi connectivity index (χ0v) is 8.41. The van der Waals surface area contributed by atoms with Crippen molar-refractivity contribution in [3.63, 3.8) is 0 Å². The standard InChI is InChI=1S/C11H20N2/c1-2-12-7-9-13(10-8-12)11-5-3-4-6-11/h2,11H,1,3-10H2. The number of hydrogen-bond donors (Lipinski definition) is 0. The molecule has 1 saturated heterocycles. The van der Waals surface area contributed by atoms with Crippen LogP contribution in [0.1, 0.15) is 25.7 Å². The van der Waals surface area contributed by atoms with E-state index in [4.69, 9.17) is 0 Å². The smallest absolute Gasteiger partial charge is 0.0300 e. The Morgan fingerprint density at radius 3 is 2.15 bits per heavy atom. The highest BCUT2D eigenvalue weighted by molar-refractivity contribution is 4.84.